The molecule has 0 aliphatic rings. The minimum absolute atomic E-state index is 0.0764. The van der Waals surface area contributed by atoms with Crippen molar-refractivity contribution in [2.75, 3.05) is 0 Å². The lowest BCUT2D eigenvalue weighted by molar-refractivity contribution is -0.385. The van der Waals surface area contributed by atoms with Gasteiger partial charge < -0.3 is 10.4 Å². The number of hydrogen-bond donors (Lipinski definition) is 2. The van der Waals surface area contributed by atoms with Crippen LogP contribution >= 0.6 is 0 Å². The summed E-state index contributed by atoms with van der Waals surface area (Å²) >= 11 is 0. The molecular weight excluding hydrogens is 248 g/mol. The van der Waals surface area contributed by atoms with Crippen molar-refractivity contribution in [3.8, 4) is 0 Å². The van der Waals surface area contributed by atoms with Crippen LogP contribution in [-0.2, 0) is 11.2 Å². The van der Waals surface area contributed by atoms with Gasteiger partial charge in [-0.3, -0.25) is 14.9 Å². The number of nitro groups is 1. The Balaban J connectivity index is 2.81. The highest BCUT2D eigenvalue weighted by molar-refractivity contribution is 5.80. The van der Waals surface area contributed by atoms with E-state index in [2.05, 4.69) is 5.32 Å². The Morgan fingerprint density at radius 1 is 1.47 bits per heavy atom. The number of hydrogen-bond acceptors (Lipinski definition) is 4. The molecule has 0 aromatic heterocycles. The molecule has 1 aromatic rings. The van der Waals surface area contributed by atoms with Crippen molar-refractivity contribution in [2.45, 2.75) is 38.8 Å². The topological polar surface area (TPSA) is 92.5 Å². The molecule has 0 aliphatic heterocycles. The smallest absolute Gasteiger partial charge is 0.273 e. The molecule has 1 atom stereocenters. The summed E-state index contributed by atoms with van der Waals surface area (Å²) in [6.45, 7) is 4.95. The van der Waals surface area contributed by atoms with Gasteiger partial charge in [-0.05, 0) is 20.8 Å². The van der Waals surface area contributed by atoms with Gasteiger partial charge in [-0.2, -0.15) is 0 Å². The van der Waals surface area contributed by atoms with Gasteiger partial charge in [-0.15, -0.1) is 0 Å². The molecule has 1 rings (SSSR count). The summed E-state index contributed by atoms with van der Waals surface area (Å²) in [6.07, 6.45) is -0.810. The van der Waals surface area contributed by atoms with Crippen LogP contribution in [0.4, 0.5) is 5.69 Å². The predicted molar refractivity (Wildman–Crippen MR) is 70.7 cm³/mol. The van der Waals surface area contributed by atoms with Gasteiger partial charge in [0.05, 0.1) is 23.0 Å². The second kappa shape index (κ2) is 5.79. The molecular formula is C13H18N2O4. The SMILES string of the molecule is CC(O)C(C)(C)NC(=O)Cc1ccccc1[N+](=O)[O-]. The van der Waals surface area contributed by atoms with E-state index in [4.69, 9.17) is 0 Å². The molecule has 0 fully saturated rings. The molecule has 0 bridgehead atoms. The van der Waals surface area contributed by atoms with Gasteiger partial charge >= 0.3 is 0 Å². The lowest BCUT2D eigenvalue weighted by Gasteiger charge is -2.29. The summed E-state index contributed by atoms with van der Waals surface area (Å²) in [4.78, 5) is 22.2. The first-order chi connectivity index (χ1) is 8.74. The quantitative estimate of drug-likeness (QED) is 0.622. The molecule has 1 unspecified atom stereocenters. The monoisotopic (exact) mass is 266 g/mol. The Bertz CT molecular complexity index is 483. The standard InChI is InChI=1S/C13H18N2O4/c1-9(16)13(2,3)14-12(17)8-10-6-4-5-7-11(10)15(18)19/h4-7,9,16H,8H2,1-3H3,(H,14,17). The van der Waals surface area contributed by atoms with Crippen LogP contribution in [0, 0.1) is 10.1 Å². The molecule has 104 valence electrons. The molecule has 1 aromatic carbocycles. The van der Waals surface area contributed by atoms with Gasteiger partial charge in [0.15, 0.2) is 0 Å². The van der Waals surface area contributed by atoms with E-state index >= 15 is 0 Å². The van der Waals surface area contributed by atoms with Gasteiger partial charge in [0.1, 0.15) is 0 Å². The largest absolute Gasteiger partial charge is 0.391 e. The third-order valence-electron chi connectivity index (χ3n) is 3.05. The summed E-state index contributed by atoms with van der Waals surface area (Å²) in [6, 6.07) is 6.12. The van der Waals surface area contributed by atoms with Crippen LogP contribution in [0.3, 0.4) is 0 Å². The number of carbonyl (C=O) groups excluding carboxylic acids is 1. The average Bonchev–Trinajstić information content (AvgIpc) is 2.28. The zero-order valence-electron chi connectivity index (χ0n) is 11.2. The van der Waals surface area contributed by atoms with Crippen molar-refractivity contribution in [3.05, 3.63) is 39.9 Å². The molecule has 6 nitrogen and oxygen atoms in total. The van der Waals surface area contributed by atoms with Crippen LogP contribution < -0.4 is 5.32 Å². The summed E-state index contributed by atoms with van der Waals surface area (Å²) < 4.78 is 0. The minimum Gasteiger partial charge on any atom is -0.391 e. The Labute approximate surface area is 111 Å². The molecule has 0 aliphatic carbocycles. The fraction of sp³-hybridized carbons (Fsp3) is 0.462. The average molecular weight is 266 g/mol. The number of aliphatic hydroxyl groups excluding tert-OH is 1. The molecule has 1 amide bonds. The van der Waals surface area contributed by atoms with E-state index in [-0.39, 0.29) is 18.0 Å². The Hall–Kier alpha value is -1.95. The fourth-order valence-corrected chi connectivity index (χ4v) is 1.52. The van der Waals surface area contributed by atoms with E-state index in [9.17, 15) is 20.0 Å². The van der Waals surface area contributed by atoms with E-state index in [0.717, 1.165) is 0 Å². The second-order valence-electron chi connectivity index (χ2n) is 5.01. The van der Waals surface area contributed by atoms with Gasteiger partial charge in [0, 0.05) is 11.6 Å². The maximum absolute atomic E-state index is 11.9. The number of nitro benzene ring substituents is 1. The number of amides is 1. The highest BCUT2D eigenvalue weighted by Gasteiger charge is 2.26. The van der Waals surface area contributed by atoms with Gasteiger partial charge in [0.2, 0.25) is 5.91 Å². The lowest BCUT2D eigenvalue weighted by atomic mass is 9.98. The fourth-order valence-electron chi connectivity index (χ4n) is 1.52. The van der Waals surface area contributed by atoms with Crippen molar-refractivity contribution in [1.82, 2.24) is 5.32 Å². The molecule has 0 saturated carbocycles. The highest BCUT2D eigenvalue weighted by atomic mass is 16.6. The zero-order valence-corrected chi connectivity index (χ0v) is 11.2. The maximum atomic E-state index is 11.9. The van der Waals surface area contributed by atoms with E-state index in [0.29, 0.717) is 5.56 Å². The third kappa shape index (κ3) is 4.03. The minimum atomic E-state index is -0.777. The molecule has 2 N–H and O–H groups in total. The molecule has 0 heterocycles. The first kappa shape index (κ1) is 15.1. The molecule has 0 saturated heterocycles. The Morgan fingerprint density at radius 3 is 2.58 bits per heavy atom. The van der Waals surface area contributed by atoms with Gasteiger partial charge in [0.25, 0.3) is 5.69 Å². The number of para-hydroxylation sites is 1. The molecule has 6 heteroatoms. The number of benzene rings is 1. The van der Waals surface area contributed by atoms with Crippen LogP contribution in [0.25, 0.3) is 0 Å². The zero-order chi connectivity index (χ0) is 14.6. The Kier molecular flexibility index (Phi) is 4.61. The molecule has 0 radical (unpaired) electrons. The normalized spacial score (nSPS) is 12.8. The predicted octanol–water partition coefficient (Wildman–Crippen LogP) is 1.41. The van der Waals surface area contributed by atoms with Crippen LogP contribution in [0.15, 0.2) is 24.3 Å². The number of nitrogens with one attached hydrogen (secondary N) is 1. The molecule has 19 heavy (non-hydrogen) atoms. The van der Waals surface area contributed by atoms with E-state index in [1.807, 2.05) is 0 Å². The lowest BCUT2D eigenvalue weighted by Crippen LogP contribution is -2.51. The summed E-state index contributed by atoms with van der Waals surface area (Å²) in [5, 5.41) is 23.0. The summed E-state index contributed by atoms with van der Waals surface area (Å²) in [5.41, 5.74) is -0.500. The van der Waals surface area contributed by atoms with Crippen molar-refractivity contribution in [1.29, 1.82) is 0 Å². The van der Waals surface area contributed by atoms with Gasteiger partial charge in [-0.25, -0.2) is 0 Å². The van der Waals surface area contributed by atoms with Crippen molar-refractivity contribution in [2.24, 2.45) is 0 Å². The van der Waals surface area contributed by atoms with Crippen LogP contribution in [0.5, 0.6) is 0 Å². The second-order valence-corrected chi connectivity index (χ2v) is 5.01. The summed E-state index contributed by atoms with van der Waals surface area (Å²) in [5.74, 6) is -0.361. The maximum Gasteiger partial charge on any atom is 0.273 e. The van der Waals surface area contributed by atoms with Crippen LogP contribution in [0.2, 0.25) is 0 Å². The molecule has 0 spiro atoms. The van der Waals surface area contributed by atoms with E-state index in [1.54, 1.807) is 39.0 Å². The van der Waals surface area contributed by atoms with Crippen molar-refractivity contribution in [3.63, 3.8) is 0 Å². The first-order valence-electron chi connectivity index (χ1n) is 5.95. The third-order valence-corrected chi connectivity index (χ3v) is 3.05. The van der Waals surface area contributed by atoms with Crippen LogP contribution in [-0.4, -0.2) is 27.6 Å². The first-order valence-corrected chi connectivity index (χ1v) is 5.95. The van der Waals surface area contributed by atoms with Crippen molar-refractivity contribution < 1.29 is 14.8 Å². The van der Waals surface area contributed by atoms with Crippen molar-refractivity contribution >= 4 is 11.6 Å². The van der Waals surface area contributed by atoms with E-state index in [1.165, 1.54) is 6.07 Å². The van der Waals surface area contributed by atoms with E-state index < -0.39 is 16.6 Å². The highest BCUT2D eigenvalue weighted by Crippen LogP contribution is 2.18. The van der Waals surface area contributed by atoms with Gasteiger partial charge in [-0.1, -0.05) is 18.2 Å². The number of rotatable bonds is 5. The number of nitrogens with zero attached hydrogens (tertiary/aromatic N) is 1. The summed E-state index contributed by atoms with van der Waals surface area (Å²) in [7, 11) is 0. The van der Waals surface area contributed by atoms with Crippen LogP contribution in [0.1, 0.15) is 26.3 Å². The number of aliphatic hydroxyl groups is 1. The number of carbonyl (C=O) groups is 1. The Morgan fingerprint density at radius 2 is 2.05 bits per heavy atom.